The van der Waals surface area contributed by atoms with E-state index < -0.39 is 0 Å². The minimum Gasteiger partial charge on any atom is -0.356 e. The molecule has 154 valence electrons. The summed E-state index contributed by atoms with van der Waals surface area (Å²) in [4.78, 5) is 16.0. The fraction of sp³-hybridized carbons (Fsp3) is 0.136. The first-order valence-electron chi connectivity index (χ1n) is 9.29. The number of pyridine rings is 1. The Kier molecular flexibility index (Phi) is 6.66. The summed E-state index contributed by atoms with van der Waals surface area (Å²) in [5, 5.41) is 10.4. The molecule has 0 unspecified atom stereocenters. The average molecular weight is 424 g/mol. The number of carbonyl (C=O) groups is 1. The molecule has 8 heteroatoms. The van der Waals surface area contributed by atoms with Gasteiger partial charge in [-0.05, 0) is 29.8 Å². The molecule has 0 aliphatic rings. The maximum absolute atomic E-state index is 11.5. The first-order valence-corrected chi connectivity index (χ1v) is 9.29. The number of anilines is 1. The summed E-state index contributed by atoms with van der Waals surface area (Å²) in [6.45, 7) is 0. The Hall–Kier alpha value is -3.42. The zero-order valence-electron chi connectivity index (χ0n) is 16.3. The van der Waals surface area contributed by atoms with Crippen LogP contribution < -0.4 is 16.4 Å². The van der Waals surface area contributed by atoms with Crippen LogP contribution in [0.2, 0.25) is 0 Å². The van der Waals surface area contributed by atoms with Crippen LogP contribution in [0, 0.1) is 0 Å². The van der Waals surface area contributed by atoms with E-state index >= 15 is 0 Å². The van der Waals surface area contributed by atoms with Crippen LogP contribution >= 0.6 is 12.4 Å². The highest BCUT2D eigenvalue weighted by Gasteiger charge is 2.18. The lowest BCUT2D eigenvalue weighted by molar-refractivity contribution is 0.254. The first kappa shape index (κ1) is 21.3. The summed E-state index contributed by atoms with van der Waals surface area (Å²) in [5.74, 6) is 0.477. The van der Waals surface area contributed by atoms with E-state index in [9.17, 15) is 4.79 Å². The van der Waals surface area contributed by atoms with Crippen LogP contribution in [0.4, 0.5) is 10.6 Å². The van der Waals surface area contributed by atoms with Gasteiger partial charge in [0.25, 0.3) is 0 Å². The van der Waals surface area contributed by atoms with Gasteiger partial charge in [0.15, 0.2) is 5.58 Å². The molecule has 4 N–H and O–H groups in total. The monoisotopic (exact) mass is 423 g/mol. The Labute approximate surface area is 180 Å². The number of para-hydroxylation sites is 1. The van der Waals surface area contributed by atoms with E-state index in [1.165, 1.54) is 0 Å². The van der Waals surface area contributed by atoms with E-state index in [4.69, 9.17) is 10.3 Å². The number of urea groups is 1. The fourth-order valence-corrected chi connectivity index (χ4v) is 3.29. The molecule has 0 spiro atoms. The van der Waals surface area contributed by atoms with Crippen molar-refractivity contribution in [1.82, 2.24) is 15.5 Å². The van der Waals surface area contributed by atoms with Gasteiger partial charge >= 0.3 is 6.03 Å². The van der Waals surface area contributed by atoms with Crippen molar-refractivity contribution in [3.05, 3.63) is 78.0 Å². The lowest BCUT2D eigenvalue weighted by Crippen LogP contribution is -2.25. The summed E-state index contributed by atoms with van der Waals surface area (Å²) in [6, 6.07) is 20.5. The van der Waals surface area contributed by atoms with E-state index in [0.29, 0.717) is 12.2 Å². The van der Waals surface area contributed by atoms with Crippen molar-refractivity contribution in [3.63, 3.8) is 0 Å². The number of nitrogens with one attached hydrogen (secondary N) is 2. The molecule has 4 aromatic rings. The minimum absolute atomic E-state index is 0. The van der Waals surface area contributed by atoms with Gasteiger partial charge in [-0.3, -0.25) is 5.32 Å². The van der Waals surface area contributed by atoms with Crippen molar-refractivity contribution in [2.45, 2.75) is 12.5 Å². The normalized spacial score (nSPS) is 11.5. The van der Waals surface area contributed by atoms with E-state index in [2.05, 4.69) is 20.8 Å². The van der Waals surface area contributed by atoms with Crippen molar-refractivity contribution in [3.8, 4) is 11.3 Å². The summed E-state index contributed by atoms with van der Waals surface area (Å²) < 4.78 is 5.47. The maximum Gasteiger partial charge on any atom is 0.320 e. The molecule has 0 aliphatic carbocycles. The molecule has 2 amide bonds. The Bertz CT molecular complexity index is 1160. The van der Waals surface area contributed by atoms with Gasteiger partial charge in [0, 0.05) is 36.2 Å². The molecule has 0 radical (unpaired) electrons. The second-order valence-corrected chi connectivity index (χ2v) is 6.64. The first-order chi connectivity index (χ1) is 14.2. The molecule has 0 aliphatic heterocycles. The van der Waals surface area contributed by atoms with Gasteiger partial charge in [-0.1, -0.05) is 47.6 Å². The minimum atomic E-state index is -0.317. The Balaban J connectivity index is 0.00000256. The highest BCUT2D eigenvalue weighted by Crippen LogP contribution is 2.33. The fourth-order valence-electron chi connectivity index (χ4n) is 3.29. The van der Waals surface area contributed by atoms with E-state index in [0.717, 1.165) is 33.5 Å². The lowest BCUT2D eigenvalue weighted by Gasteiger charge is -2.16. The average Bonchev–Trinajstić information content (AvgIpc) is 3.18. The number of amides is 2. The van der Waals surface area contributed by atoms with E-state index in [1.54, 1.807) is 13.1 Å². The number of nitrogens with two attached hydrogens (primary N) is 1. The standard InChI is InChI=1S/C22H21N5O2.ClH/c1-24-22(28)26-20-12-6-7-14(25-20)13-18(23)15-8-2-3-9-16(15)21-17-10-4-5-11-19(17)29-27-21;/h2-12,18H,13,23H2,1H3,(H2,24,25,26,28);1H/t18-;/m0./s1. The van der Waals surface area contributed by atoms with E-state index in [1.807, 2.05) is 60.7 Å². The Morgan fingerprint density at radius 1 is 1.07 bits per heavy atom. The smallest absolute Gasteiger partial charge is 0.320 e. The third-order valence-electron chi connectivity index (χ3n) is 4.70. The number of carbonyl (C=O) groups excluding carboxylic acids is 1. The van der Waals surface area contributed by atoms with Crippen LogP contribution in [0.5, 0.6) is 0 Å². The largest absolute Gasteiger partial charge is 0.356 e. The van der Waals surface area contributed by atoms with Crippen LogP contribution in [0.3, 0.4) is 0 Å². The number of halogens is 1. The van der Waals surface area contributed by atoms with Gasteiger partial charge in [-0.15, -0.1) is 12.4 Å². The number of aromatic nitrogens is 2. The van der Waals surface area contributed by atoms with Gasteiger partial charge in [-0.25, -0.2) is 9.78 Å². The van der Waals surface area contributed by atoms with Crippen molar-refractivity contribution in [1.29, 1.82) is 0 Å². The number of fused-ring (bicyclic) bond motifs is 1. The molecule has 7 nitrogen and oxygen atoms in total. The molecule has 0 saturated carbocycles. The number of benzene rings is 2. The van der Waals surface area contributed by atoms with Crippen molar-refractivity contribution in [2.75, 3.05) is 12.4 Å². The highest BCUT2D eigenvalue weighted by atomic mass is 35.5. The highest BCUT2D eigenvalue weighted by molar-refractivity contribution is 5.92. The Morgan fingerprint density at radius 2 is 1.83 bits per heavy atom. The van der Waals surface area contributed by atoms with Crippen molar-refractivity contribution < 1.29 is 9.32 Å². The summed E-state index contributed by atoms with van der Waals surface area (Å²) in [7, 11) is 1.56. The molecular weight excluding hydrogens is 402 g/mol. The molecule has 2 aromatic carbocycles. The number of hydrogen-bond acceptors (Lipinski definition) is 5. The molecule has 0 fully saturated rings. The summed E-state index contributed by atoms with van der Waals surface area (Å²) in [6.07, 6.45) is 0.510. The number of hydrogen-bond donors (Lipinski definition) is 3. The van der Waals surface area contributed by atoms with Gasteiger partial charge in [0.1, 0.15) is 11.5 Å². The molecular formula is C22H22ClN5O2. The number of nitrogens with zero attached hydrogens (tertiary/aromatic N) is 2. The predicted octanol–water partition coefficient (Wildman–Crippen LogP) is 4.31. The van der Waals surface area contributed by atoms with Crippen molar-refractivity contribution in [2.24, 2.45) is 5.73 Å². The van der Waals surface area contributed by atoms with Crippen LogP contribution in [-0.2, 0) is 6.42 Å². The quantitative estimate of drug-likeness (QED) is 0.443. The van der Waals surface area contributed by atoms with Crippen LogP contribution in [0.1, 0.15) is 17.3 Å². The predicted molar refractivity (Wildman–Crippen MR) is 120 cm³/mol. The lowest BCUT2D eigenvalue weighted by atomic mass is 9.94. The number of rotatable bonds is 5. The van der Waals surface area contributed by atoms with E-state index in [-0.39, 0.29) is 24.5 Å². The molecule has 0 bridgehead atoms. The molecule has 1 atom stereocenters. The molecule has 0 saturated heterocycles. The van der Waals surface area contributed by atoms with Gasteiger partial charge < -0.3 is 15.6 Å². The molecule has 30 heavy (non-hydrogen) atoms. The Morgan fingerprint density at radius 3 is 2.67 bits per heavy atom. The van der Waals surface area contributed by atoms with Gasteiger partial charge in [-0.2, -0.15) is 0 Å². The second-order valence-electron chi connectivity index (χ2n) is 6.64. The van der Waals surface area contributed by atoms with Crippen molar-refractivity contribution >= 4 is 35.2 Å². The third-order valence-corrected chi connectivity index (χ3v) is 4.70. The van der Waals surface area contributed by atoms with Crippen LogP contribution in [0.15, 0.2) is 71.3 Å². The van der Waals surface area contributed by atoms with Crippen LogP contribution in [0.25, 0.3) is 22.2 Å². The SMILES string of the molecule is CNC(=O)Nc1cccc(C[C@H](N)c2ccccc2-c2noc3ccccc23)n1.Cl. The zero-order chi connectivity index (χ0) is 20.2. The maximum atomic E-state index is 11.5. The summed E-state index contributed by atoms with van der Waals surface area (Å²) in [5.41, 5.74) is 10.7. The molecule has 4 rings (SSSR count). The zero-order valence-corrected chi connectivity index (χ0v) is 17.1. The third kappa shape index (κ3) is 4.42. The summed E-state index contributed by atoms with van der Waals surface area (Å²) >= 11 is 0. The second kappa shape index (κ2) is 9.39. The van der Waals surface area contributed by atoms with Gasteiger partial charge in [0.05, 0.1) is 0 Å². The molecule has 2 aromatic heterocycles. The van der Waals surface area contributed by atoms with Crippen LogP contribution in [-0.4, -0.2) is 23.2 Å². The van der Waals surface area contributed by atoms with Gasteiger partial charge in [0.2, 0.25) is 0 Å². The molecule has 2 heterocycles. The topological polar surface area (TPSA) is 106 Å².